The monoisotopic (exact) mass is 383 g/mol. The van der Waals surface area contributed by atoms with E-state index in [0.717, 1.165) is 39.3 Å². The van der Waals surface area contributed by atoms with Gasteiger partial charge >= 0.3 is 0 Å². The van der Waals surface area contributed by atoms with Gasteiger partial charge in [-0.05, 0) is 79.1 Å². The second kappa shape index (κ2) is 9.63. The van der Waals surface area contributed by atoms with Crippen LogP contribution in [0.25, 0.3) is 0 Å². The molecule has 0 saturated carbocycles. The second-order valence-corrected chi connectivity index (χ2v) is 7.70. The molecule has 0 unspecified atom stereocenters. The van der Waals surface area contributed by atoms with Crippen LogP contribution in [0.1, 0.15) is 67.0 Å². The molecule has 2 aromatic carbocycles. The summed E-state index contributed by atoms with van der Waals surface area (Å²) in [6, 6.07) is 10.2. The summed E-state index contributed by atoms with van der Waals surface area (Å²) in [5.41, 5.74) is 5.66. The molecule has 0 aromatic heterocycles. The van der Waals surface area contributed by atoms with E-state index < -0.39 is 0 Å². The number of nitrogens with one attached hydrogen (secondary N) is 1. The minimum atomic E-state index is -0.0477. The van der Waals surface area contributed by atoms with Crippen LogP contribution in [0.4, 0.5) is 0 Å². The number of methoxy groups -OCH3 is 2. The molecular weight excluding hydrogens is 350 g/mol. The first-order chi connectivity index (χ1) is 13.3. The van der Waals surface area contributed by atoms with Crippen molar-refractivity contribution in [3.63, 3.8) is 0 Å². The van der Waals surface area contributed by atoms with Crippen molar-refractivity contribution in [3.05, 3.63) is 58.1 Å². The van der Waals surface area contributed by atoms with Gasteiger partial charge in [0.2, 0.25) is 5.91 Å². The highest BCUT2D eigenvalue weighted by atomic mass is 16.5. The van der Waals surface area contributed by atoms with Crippen molar-refractivity contribution in [1.82, 2.24) is 5.32 Å². The zero-order chi connectivity index (χ0) is 20.8. The molecule has 4 heteroatoms. The molecule has 2 rings (SSSR count). The van der Waals surface area contributed by atoms with Crippen molar-refractivity contribution in [2.75, 3.05) is 14.2 Å². The summed E-state index contributed by atoms with van der Waals surface area (Å²) in [6.45, 7) is 10.4. The van der Waals surface area contributed by atoms with Crippen LogP contribution in [0.5, 0.6) is 11.5 Å². The molecule has 0 aliphatic carbocycles. The van der Waals surface area contributed by atoms with E-state index in [0.29, 0.717) is 18.8 Å². The van der Waals surface area contributed by atoms with E-state index in [2.05, 4.69) is 44.3 Å². The van der Waals surface area contributed by atoms with Crippen molar-refractivity contribution >= 4 is 5.91 Å². The maximum atomic E-state index is 12.5. The topological polar surface area (TPSA) is 47.6 Å². The molecule has 0 bridgehead atoms. The quantitative estimate of drug-likeness (QED) is 0.677. The number of ether oxygens (including phenoxy) is 2. The maximum absolute atomic E-state index is 12.5. The zero-order valence-corrected chi connectivity index (χ0v) is 18.2. The van der Waals surface area contributed by atoms with Gasteiger partial charge in [-0.2, -0.15) is 0 Å². The lowest BCUT2D eigenvalue weighted by molar-refractivity contribution is -0.121. The highest BCUT2D eigenvalue weighted by Crippen LogP contribution is 2.32. The van der Waals surface area contributed by atoms with E-state index >= 15 is 0 Å². The number of carbonyl (C=O) groups is 1. The standard InChI is InChI=1S/C24H33NO3/c1-15(2)20-14-21(16(3)13-23(20)28-7)18(5)25-24(26)11-9-19-8-10-22(27-6)17(4)12-19/h8,10,12-15,18H,9,11H2,1-7H3,(H,25,26)/t18-/m0/s1. The fraction of sp³-hybridized carbons (Fsp3) is 0.458. The number of hydrogen-bond acceptors (Lipinski definition) is 3. The minimum absolute atomic E-state index is 0.0477. The largest absolute Gasteiger partial charge is 0.496 e. The smallest absolute Gasteiger partial charge is 0.220 e. The Bertz CT molecular complexity index is 827. The number of rotatable bonds is 8. The van der Waals surface area contributed by atoms with Crippen molar-refractivity contribution < 1.29 is 14.3 Å². The van der Waals surface area contributed by atoms with Crippen LogP contribution in [-0.2, 0) is 11.2 Å². The van der Waals surface area contributed by atoms with Crippen LogP contribution in [0.2, 0.25) is 0 Å². The van der Waals surface area contributed by atoms with Gasteiger partial charge in [0.05, 0.1) is 20.3 Å². The van der Waals surface area contributed by atoms with Crippen molar-refractivity contribution in [2.24, 2.45) is 0 Å². The van der Waals surface area contributed by atoms with Crippen molar-refractivity contribution in [3.8, 4) is 11.5 Å². The molecule has 28 heavy (non-hydrogen) atoms. The van der Waals surface area contributed by atoms with Gasteiger partial charge in [-0.3, -0.25) is 4.79 Å². The summed E-state index contributed by atoms with van der Waals surface area (Å²) in [4.78, 5) is 12.5. The average molecular weight is 384 g/mol. The lowest BCUT2D eigenvalue weighted by atomic mass is 9.93. The zero-order valence-electron chi connectivity index (χ0n) is 18.2. The average Bonchev–Trinajstić information content (AvgIpc) is 2.65. The van der Waals surface area contributed by atoms with E-state index in [4.69, 9.17) is 9.47 Å². The molecular formula is C24H33NO3. The minimum Gasteiger partial charge on any atom is -0.496 e. The van der Waals surface area contributed by atoms with Gasteiger partial charge in [0.15, 0.2) is 0 Å². The summed E-state index contributed by atoms with van der Waals surface area (Å²) in [7, 11) is 3.37. The molecule has 0 aliphatic rings. The van der Waals surface area contributed by atoms with E-state index in [1.165, 1.54) is 0 Å². The predicted molar refractivity (Wildman–Crippen MR) is 114 cm³/mol. The molecule has 2 aromatic rings. The summed E-state index contributed by atoms with van der Waals surface area (Å²) in [5, 5.41) is 3.14. The Kier molecular flexibility index (Phi) is 7.50. The van der Waals surface area contributed by atoms with Gasteiger partial charge in [0.1, 0.15) is 11.5 Å². The molecule has 0 saturated heterocycles. The first-order valence-electron chi connectivity index (χ1n) is 9.88. The first-order valence-corrected chi connectivity index (χ1v) is 9.88. The van der Waals surface area contributed by atoms with E-state index in [9.17, 15) is 4.79 Å². The second-order valence-electron chi connectivity index (χ2n) is 7.70. The summed E-state index contributed by atoms with van der Waals surface area (Å²) in [6.07, 6.45) is 1.17. The third-order valence-corrected chi connectivity index (χ3v) is 5.18. The van der Waals surface area contributed by atoms with Gasteiger partial charge in [-0.15, -0.1) is 0 Å². The fourth-order valence-corrected chi connectivity index (χ4v) is 3.56. The molecule has 1 N–H and O–H groups in total. The van der Waals surface area contributed by atoms with Crippen LogP contribution in [-0.4, -0.2) is 20.1 Å². The Morgan fingerprint density at radius 2 is 1.61 bits per heavy atom. The molecule has 0 spiro atoms. The third kappa shape index (κ3) is 5.28. The molecule has 0 aliphatic heterocycles. The normalized spacial score (nSPS) is 12.0. The Labute approximate surface area is 169 Å². The number of amides is 1. The Balaban J connectivity index is 2.04. The van der Waals surface area contributed by atoms with Crippen molar-refractivity contribution in [1.29, 1.82) is 0 Å². The van der Waals surface area contributed by atoms with Crippen LogP contribution < -0.4 is 14.8 Å². The summed E-state index contributed by atoms with van der Waals surface area (Å²) >= 11 is 0. The Hall–Kier alpha value is -2.49. The highest BCUT2D eigenvalue weighted by molar-refractivity contribution is 5.76. The Morgan fingerprint density at radius 3 is 2.18 bits per heavy atom. The van der Waals surface area contributed by atoms with E-state index in [-0.39, 0.29) is 11.9 Å². The number of aryl methyl sites for hydroxylation is 3. The molecule has 1 amide bonds. The SMILES string of the molecule is COc1ccc(CCC(=O)N[C@@H](C)c2cc(C(C)C)c(OC)cc2C)cc1C. The first kappa shape index (κ1) is 21.8. The molecule has 0 radical (unpaired) electrons. The van der Waals surface area contributed by atoms with Gasteiger partial charge < -0.3 is 14.8 Å². The lowest BCUT2D eigenvalue weighted by Crippen LogP contribution is -2.27. The molecule has 0 heterocycles. The van der Waals surface area contributed by atoms with E-state index in [1.54, 1.807) is 14.2 Å². The fourth-order valence-electron chi connectivity index (χ4n) is 3.56. The summed E-state index contributed by atoms with van der Waals surface area (Å²) < 4.78 is 10.8. The van der Waals surface area contributed by atoms with E-state index in [1.807, 2.05) is 26.0 Å². The molecule has 152 valence electrons. The maximum Gasteiger partial charge on any atom is 0.220 e. The van der Waals surface area contributed by atoms with Crippen LogP contribution in [0, 0.1) is 13.8 Å². The van der Waals surface area contributed by atoms with Gasteiger partial charge in [0.25, 0.3) is 0 Å². The summed E-state index contributed by atoms with van der Waals surface area (Å²) in [5.74, 6) is 2.19. The highest BCUT2D eigenvalue weighted by Gasteiger charge is 2.17. The van der Waals surface area contributed by atoms with Crippen LogP contribution in [0.3, 0.4) is 0 Å². The van der Waals surface area contributed by atoms with Crippen LogP contribution >= 0.6 is 0 Å². The van der Waals surface area contributed by atoms with Crippen molar-refractivity contribution in [2.45, 2.75) is 59.4 Å². The predicted octanol–water partition coefficient (Wildman–Crippen LogP) is 5.25. The molecule has 0 fully saturated rings. The lowest BCUT2D eigenvalue weighted by Gasteiger charge is -2.21. The van der Waals surface area contributed by atoms with Gasteiger partial charge in [-0.1, -0.05) is 26.0 Å². The van der Waals surface area contributed by atoms with Crippen LogP contribution in [0.15, 0.2) is 30.3 Å². The Morgan fingerprint density at radius 1 is 0.929 bits per heavy atom. The number of hydrogen-bond donors (Lipinski definition) is 1. The van der Waals surface area contributed by atoms with Gasteiger partial charge in [-0.25, -0.2) is 0 Å². The van der Waals surface area contributed by atoms with Gasteiger partial charge in [0, 0.05) is 6.42 Å². The third-order valence-electron chi connectivity index (χ3n) is 5.18. The molecule has 4 nitrogen and oxygen atoms in total. The number of carbonyl (C=O) groups excluding carboxylic acids is 1. The number of benzene rings is 2. The molecule has 1 atom stereocenters.